The van der Waals surface area contributed by atoms with E-state index in [-0.39, 0.29) is 24.2 Å². The molecule has 0 radical (unpaired) electrons. The fraction of sp³-hybridized carbons (Fsp3) is 0.435. The maximum Gasteiger partial charge on any atom is 0.236 e. The summed E-state index contributed by atoms with van der Waals surface area (Å²) in [5.41, 5.74) is 1.94. The number of nitrogens with one attached hydrogen (secondary N) is 1. The fourth-order valence-electron chi connectivity index (χ4n) is 3.80. The van der Waals surface area contributed by atoms with Gasteiger partial charge in [0.05, 0.1) is 12.3 Å². The zero-order valence-corrected chi connectivity index (χ0v) is 18.5. The third kappa shape index (κ3) is 5.90. The highest BCUT2D eigenvalue weighted by molar-refractivity contribution is 7.88. The summed E-state index contributed by atoms with van der Waals surface area (Å²) < 4.78 is 26.9. The van der Waals surface area contributed by atoms with Gasteiger partial charge in [-0.15, -0.1) is 0 Å². The Morgan fingerprint density at radius 2 is 1.50 bits per heavy atom. The molecule has 1 amide bonds. The minimum atomic E-state index is -3.38. The van der Waals surface area contributed by atoms with Crippen LogP contribution in [0.5, 0.6) is 0 Å². The summed E-state index contributed by atoms with van der Waals surface area (Å²) in [5, 5.41) is 3.38. The van der Waals surface area contributed by atoms with Gasteiger partial charge < -0.3 is 10.2 Å². The van der Waals surface area contributed by atoms with E-state index in [1.54, 1.807) is 4.90 Å². The van der Waals surface area contributed by atoms with Crippen LogP contribution in [0.4, 0.5) is 0 Å². The van der Waals surface area contributed by atoms with Crippen LogP contribution >= 0.6 is 0 Å². The molecule has 0 aromatic heterocycles. The Morgan fingerprint density at radius 3 is 2.07 bits per heavy atom. The molecule has 2 aromatic carbocycles. The van der Waals surface area contributed by atoms with E-state index in [1.165, 1.54) is 4.31 Å². The number of amides is 1. The van der Waals surface area contributed by atoms with Crippen LogP contribution in [0.25, 0.3) is 0 Å². The molecule has 2 aromatic rings. The minimum absolute atomic E-state index is 0.00349. The van der Waals surface area contributed by atoms with Gasteiger partial charge in [-0.25, -0.2) is 8.42 Å². The number of hydrogen-bond acceptors (Lipinski definition) is 4. The van der Waals surface area contributed by atoms with Crippen LogP contribution in [-0.4, -0.2) is 56.3 Å². The first-order chi connectivity index (χ1) is 14.4. The minimum Gasteiger partial charge on any atom is -0.339 e. The van der Waals surface area contributed by atoms with Crippen molar-refractivity contribution in [2.45, 2.75) is 25.6 Å². The van der Waals surface area contributed by atoms with Crippen LogP contribution in [-0.2, 0) is 20.6 Å². The molecule has 162 valence electrons. The molecular weight excluding hydrogens is 398 g/mol. The first-order valence-corrected chi connectivity index (χ1v) is 12.1. The molecule has 1 heterocycles. The van der Waals surface area contributed by atoms with Crippen molar-refractivity contribution in [1.29, 1.82) is 0 Å². The van der Waals surface area contributed by atoms with Crippen LogP contribution in [0, 0.1) is 5.92 Å². The number of sulfonamides is 1. The predicted octanol–water partition coefficient (Wildman–Crippen LogP) is 2.65. The summed E-state index contributed by atoms with van der Waals surface area (Å²) in [6, 6.07) is 19.4. The molecule has 30 heavy (non-hydrogen) atoms. The molecule has 1 aliphatic rings. The zero-order chi connectivity index (χ0) is 21.6. The molecule has 0 bridgehead atoms. The van der Waals surface area contributed by atoms with E-state index in [0.29, 0.717) is 32.1 Å². The third-order valence-electron chi connectivity index (χ3n) is 5.48. The van der Waals surface area contributed by atoms with Gasteiger partial charge in [0.15, 0.2) is 0 Å². The van der Waals surface area contributed by atoms with Gasteiger partial charge in [-0.05, 0) is 17.0 Å². The Hall–Kier alpha value is -2.22. The topological polar surface area (TPSA) is 69.7 Å². The average Bonchev–Trinajstić information content (AvgIpc) is 2.75. The molecule has 0 saturated carbocycles. The van der Waals surface area contributed by atoms with Gasteiger partial charge in [0.1, 0.15) is 0 Å². The lowest BCUT2D eigenvalue weighted by atomic mass is 9.96. The SMILES string of the molecule is CC(C)[C@H](NCC(=O)N1CCN(S(=O)(=O)Cc2ccccc2)CC1)c1ccccc1. The van der Waals surface area contributed by atoms with Crippen molar-refractivity contribution in [2.75, 3.05) is 32.7 Å². The summed E-state index contributed by atoms with van der Waals surface area (Å²) in [6.07, 6.45) is 0. The highest BCUT2D eigenvalue weighted by Crippen LogP contribution is 2.21. The van der Waals surface area contributed by atoms with Crippen molar-refractivity contribution in [3.05, 3.63) is 71.8 Å². The van der Waals surface area contributed by atoms with Crippen LogP contribution in [0.3, 0.4) is 0 Å². The standard InChI is InChI=1S/C23H31N3O3S/c1-19(2)23(21-11-7-4-8-12-21)24-17-22(27)25-13-15-26(16-14-25)30(28,29)18-20-9-5-3-6-10-20/h3-12,19,23-24H,13-18H2,1-2H3/t23-/m0/s1. The molecule has 1 atom stereocenters. The molecule has 0 unspecified atom stereocenters. The van der Waals surface area contributed by atoms with E-state index in [1.807, 2.05) is 48.5 Å². The summed E-state index contributed by atoms with van der Waals surface area (Å²) in [7, 11) is -3.38. The highest BCUT2D eigenvalue weighted by Gasteiger charge is 2.29. The van der Waals surface area contributed by atoms with E-state index in [9.17, 15) is 13.2 Å². The average molecular weight is 430 g/mol. The number of rotatable bonds is 8. The van der Waals surface area contributed by atoms with Crippen LogP contribution in [0.2, 0.25) is 0 Å². The van der Waals surface area contributed by atoms with Gasteiger partial charge in [0.25, 0.3) is 0 Å². The second kappa shape index (κ2) is 10.2. The van der Waals surface area contributed by atoms with E-state index in [0.717, 1.165) is 11.1 Å². The molecule has 1 aliphatic heterocycles. The summed E-state index contributed by atoms with van der Waals surface area (Å²) in [4.78, 5) is 14.5. The first kappa shape index (κ1) is 22.5. The molecule has 6 nitrogen and oxygen atoms in total. The van der Waals surface area contributed by atoms with Gasteiger partial charge in [-0.3, -0.25) is 4.79 Å². The molecule has 3 rings (SSSR count). The number of hydrogen-bond donors (Lipinski definition) is 1. The Bertz CT molecular complexity index is 909. The maximum atomic E-state index is 12.7. The van der Waals surface area contributed by atoms with Crippen molar-refractivity contribution in [3.63, 3.8) is 0 Å². The third-order valence-corrected chi connectivity index (χ3v) is 7.33. The van der Waals surface area contributed by atoms with Gasteiger partial charge in [0.2, 0.25) is 15.9 Å². The van der Waals surface area contributed by atoms with Crippen LogP contribution in [0.15, 0.2) is 60.7 Å². The van der Waals surface area contributed by atoms with Gasteiger partial charge in [-0.2, -0.15) is 4.31 Å². The van der Waals surface area contributed by atoms with Gasteiger partial charge >= 0.3 is 0 Å². The maximum absolute atomic E-state index is 12.7. The van der Waals surface area contributed by atoms with Crippen molar-refractivity contribution >= 4 is 15.9 Å². The normalized spacial score (nSPS) is 16.6. The van der Waals surface area contributed by atoms with E-state index >= 15 is 0 Å². The summed E-state index contributed by atoms with van der Waals surface area (Å²) in [6.45, 7) is 6.03. The lowest BCUT2D eigenvalue weighted by molar-refractivity contribution is -0.131. The number of piperazine rings is 1. The molecule has 1 fully saturated rings. The number of carbonyl (C=O) groups excluding carboxylic acids is 1. The Balaban J connectivity index is 1.51. The second-order valence-electron chi connectivity index (χ2n) is 8.03. The smallest absolute Gasteiger partial charge is 0.236 e. The lowest BCUT2D eigenvalue weighted by Gasteiger charge is -2.34. The number of benzene rings is 2. The lowest BCUT2D eigenvalue weighted by Crippen LogP contribution is -2.52. The Kier molecular flexibility index (Phi) is 7.64. The van der Waals surface area contributed by atoms with Crippen LogP contribution < -0.4 is 5.32 Å². The number of nitrogens with zero attached hydrogens (tertiary/aromatic N) is 2. The van der Waals surface area contributed by atoms with E-state index in [2.05, 4.69) is 31.3 Å². The molecule has 0 aliphatic carbocycles. The highest BCUT2D eigenvalue weighted by atomic mass is 32.2. The van der Waals surface area contributed by atoms with Gasteiger partial charge in [0, 0.05) is 32.2 Å². The second-order valence-corrected chi connectivity index (χ2v) is 10.0. The molecule has 1 N–H and O–H groups in total. The van der Waals surface area contributed by atoms with Crippen molar-refractivity contribution in [1.82, 2.24) is 14.5 Å². The van der Waals surface area contributed by atoms with Crippen molar-refractivity contribution in [2.24, 2.45) is 5.92 Å². The quantitative estimate of drug-likeness (QED) is 0.700. The van der Waals surface area contributed by atoms with Crippen LogP contribution in [0.1, 0.15) is 31.0 Å². The fourth-order valence-corrected chi connectivity index (χ4v) is 5.32. The summed E-state index contributed by atoms with van der Waals surface area (Å²) >= 11 is 0. The largest absolute Gasteiger partial charge is 0.339 e. The molecule has 1 saturated heterocycles. The molecule has 0 spiro atoms. The predicted molar refractivity (Wildman–Crippen MR) is 119 cm³/mol. The Labute approximate surface area is 179 Å². The number of carbonyl (C=O) groups is 1. The molecular formula is C23H31N3O3S. The van der Waals surface area contributed by atoms with E-state index < -0.39 is 10.0 Å². The molecule has 7 heteroatoms. The van der Waals surface area contributed by atoms with Gasteiger partial charge in [-0.1, -0.05) is 74.5 Å². The van der Waals surface area contributed by atoms with Crippen molar-refractivity contribution < 1.29 is 13.2 Å². The van der Waals surface area contributed by atoms with Crippen molar-refractivity contribution in [3.8, 4) is 0 Å². The Morgan fingerprint density at radius 1 is 0.933 bits per heavy atom. The summed E-state index contributed by atoms with van der Waals surface area (Å²) in [5.74, 6) is 0.355. The monoisotopic (exact) mass is 429 g/mol. The van der Waals surface area contributed by atoms with E-state index in [4.69, 9.17) is 0 Å². The zero-order valence-electron chi connectivity index (χ0n) is 17.7. The first-order valence-electron chi connectivity index (χ1n) is 10.4.